The van der Waals surface area contributed by atoms with Crippen LogP contribution in [0.1, 0.15) is 25.6 Å². The summed E-state index contributed by atoms with van der Waals surface area (Å²) in [7, 11) is 3.54. The quantitative estimate of drug-likeness (QED) is 0.907. The summed E-state index contributed by atoms with van der Waals surface area (Å²) >= 11 is 0. The number of aryl methyl sites for hydroxylation is 1. The molecule has 1 N–H and O–H groups in total. The first-order valence-electron chi connectivity index (χ1n) is 7.12. The highest BCUT2D eigenvalue weighted by atomic mass is 16.4. The van der Waals surface area contributed by atoms with Crippen molar-refractivity contribution in [1.29, 1.82) is 0 Å². The number of nitrogens with zero attached hydrogens (tertiary/aromatic N) is 4. The lowest BCUT2D eigenvalue weighted by atomic mass is 9.91. The smallest absolute Gasteiger partial charge is 0.326 e. The summed E-state index contributed by atoms with van der Waals surface area (Å²) in [6.07, 6.45) is 5.17. The van der Waals surface area contributed by atoms with E-state index in [1.165, 1.54) is 9.80 Å². The van der Waals surface area contributed by atoms with Gasteiger partial charge < -0.3 is 19.5 Å². The highest BCUT2D eigenvalue weighted by Gasteiger charge is 2.38. The second-order valence-electron chi connectivity index (χ2n) is 5.69. The topological polar surface area (TPSA) is 78.7 Å². The maximum atomic E-state index is 12.5. The molecule has 7 nitrogen and oxygen atoms in total. The molecule has 116 valence electrons. The van der Waals surface area contributed by atoms with Gasteiger partial charge in [0.2, 0.25) is 0 Å². The number of piperidine rings is 1. The SMILES string of the molecule is CC1CCCN(C(=O)N(C)Cc2nccn2C)C1C(=O)O. The molecule has 0 aromatic carbocycles. The number of carbonyl (C=O) groups excluding carboxylic acids is 1. The van der Waals surface area contributed by atoms with Crippen molar-refractivity contribution >= 4 is 12.0 Å². The van der Waals surface area contributed by atoms with Crippen LogP contribution in [0.25, 0.3) is 0 Å². The molecule has 0 aliphatic carbocycles. The molecule has 21 heavy (non-hydrogen) atoms. The number of rotatable bonds is 3. The fraction of sp³-hybridized carbons (Fsp3) is 0.643. The van der Waals surface area contributed by atoms with Gasteiger partial charge in [-0.05, 0) is 18.8 Å². The molecule has 1 aromatic rings. The average Bonchev–Trinajstić information content (AvgIpc) is 2.82. The third-order valence-electron chi connectivity index (χ3n) is 4.06. The minimum Gasteiger partial charge on any atom is -0.480 e. The lowest BCUT2D eigenvalue weighted by Crippen LogP contribution is -2.55. The van der Waals surface area contributed by atoms with E-state index in [-0.39, 0.29) is 11.9 Å². The molecule has 1 aliphatic heterocycles. The minimum atomic E-state index is -0.930. The van der Waals surface area contributed by atoms with Crippen LogP contribution in [0.2, 0.25) is 0 Å². The van der Waals surface area contributed by atoms with Crippen LogP contribution in [0.3, 0.4) is 0 Å². The van der Waals surface area contributed by atoms with Gasteiger partial charge in [-0.1, -0.05) is 6.92 Å². The fourth-order valence-corrected chi connectivity index (χ4v) is 2.83. The number of aliphatic carboxylic acids is 1. The Hall–Kier alpha value is -2.05. The maximum Gasteiger partial charge on any atom is 0.326 e. The molecule has 2 atom stereocenters. The van der Waals surface area contributed by atoms with Crippen LogP contribution in [0.4, 0.5) is 4.79 Å². The number of aromatic nitrogens is 2. The number of imidazole rings is 1. The summed E-state index contributed by atoms with van der Waals surface area (Å²) in [5.74, 6) is -0.189. The molecule has 1 saturated heterocycles. The van der Waals surface area contributed by atoms with E-state index in [1.807, 2.05) is 24.7 Å². The van der Waals surface area contributed by atoms with E-state index in [0.29, 0.717) is 13.1 Å². The number of urea groups is 1. The van der Waals surface area contributed by atoms with E-state index in [9.17, 15) is 14.7 Å². The van der Waals surface area contributed by atoms with Crippen LogP contribution >= 0.6 is 0 Å². The number of amides is 2. The van der Waals surface area contributed by atoms with Crippen molar-refractivity contribution in [3.05, 3.63) is 18.2 Å². The lowest BCUT2D eigenvalue weighted by molar-refractivity contribution is -0.145. The first-order chi connectivity index (χ1) is 9.91. The highest BCUT2D eigenvalue weighted by Crippen LogP contribution is 2.24. The Balaban J connectivity index is 2.10. The monoisotopic (exact) mass is 294 g/mol. The Morgan fingerprint density at radius 1 is 1.52 bits per heavy atom. The van der Waals surface area contributed by atoms with E-state index < -0.39 is 12.0 Å². The first kappa shape index (κ1) is 15.3. The summed E-state index contributed by atoms with van der Waals surface area (Å²) in [5.41, 5.74) is 0. The zero-order valence-electron chi connectivity index (χ0n) is 12.7. The van der Waals surface area contributed by atoms with Gasteiger partial charge in [0, 0.05) is 33.0 Å². The normalized spacial score (nSPS) is 22.1. The Kier molecular flexibility index (Phi) is 4.50. The molecule has 2 heterocycles. The maximum absolute atomic E-state index is 12.5. The third-order valence-corrected chi connectivity index (χ3v) is 4.06. The minimum absolute atomic E-state index is 0.0261. The van der Waals surface area contributed by atoms with Crippen molar-refractivity contribution in [2.75, 3.05) is 13.6 Å². The zero-order chi connectivity index (χ0) is 15.6. The molecular weight excluding hydrogens is 272 g/mol. The molecule has 0 saturated carbocycles. The van der Waals surface area contributed by atoms with Gasteiger partial charge >= 0.3 is 12.0 Å². The molecule has 0 spiro atoms. The molecule has 0 bridgehead atoms. The number of carbonyl (C=O) groups is 2. The molecular formula is C14H22N4O3. The van der Waals surface area contributed by atoms with Crippen LogP contribution in [0.5, 0.6) is 0 Å². The second-order valence-corrected chi connectivity index (χ2v) is 5.69. The summed E-state index contributed by atoms with van der Waals surface area (Å²) in [4.78, 5) is 31.2. The van der Waals surface area contributed by atoms with Gasteiger partial charge in [-0.15, -0.1) is 0 Å². The van der Waals surface area contributed by atoms with Crippen molar-refractivity contribution in [2.45, 2.75) is 32.4 Å². The predicted molar refractivity (Wildman–Crippen MR) is 76.6 cm³/mol. The number of hydrogen-bond donors (Lipinski definition) is 1. The van der Waals surface area contributed by atoms with Gasteiger partial charge in [-0.3, -0.25) is 0 Å². The molecule has 1 fully saturated rings. The fourth-order valence-electron chi connectivity index (χ4n) is 2.83. The summed E-state index contributed by atoms with van der Waals surface area (Å²) in [5, 5.41) is 9.38. The first-order valence-corrected chi connectivity index (χ1v) is 7.12. The van der Waals surface area contributed by atoms with E-state index in [0.717, 1.165) is 18.7 Å². The Morgan fingerprint density at radius 3 is 2.81 bits per heavy atom. The van der Waals surface area contributed by atoms with Gasteiger partial charge in [-0.25, -0.2) is 14.6 Å². The van der Waals surface area contributed by atoms with Crippen LogP contribution in [0.15, 0.2) is 12.4 Å². The Labute approximate surface area is 124 Å². The number of likely N-dealkylation sites (tertiary alicyclic amines) is 1. The van der Waals surface area contributed by atoms with Crippen LogP contribution in [-0.2, 0) is 18.4 Å². The number of carboxylic acid groups (broad SMARTS) is 1. The van der Waals surface area contributed by atoms with Gasteiger partial charge in [-0.2, -0.15) is 0 Å². The van der Waals surface area contributed by atoms with Crippen LogP contribution in [-0.4, -0.2) is 56.1 Å². The number of carboxylic acids is 1. The largest absolute Gasteiger partial charge is 0.480 e. The molecule has 2 amide bonds. The van der Waals surface area contributed by atoms with Crippen molar-refractivity contribution < 1.29 is 14.7 Å². The van der Waals surface area contributed by atoms with Gasteiger partial charge in [0.25, 0.3) is 0 Å². The van der Waals surface area contributed by atoms with Crippen molar-refractivity contribution in [2.24, 2.45) is 13.0 Å². The summed E-state index contributed by atoms with van der Waals surface area (Å²) < 4.78 is 1.84. The molecule has 0 radical (unpaired) electrons. The zero-order valence-corrected chi connectivity index (χ0v) is 12.7. The molecule has 7 heteroatoms. The van der Waals surface area contributed by atoms with Gasteiger partial charge in [0.05, 0.1) is 6.54 Å². The van der Waals surface area contributed by atoms with Gasteiger partial charge in [0.15, 0.2) is 0 Å². The van der Waals surface area contributed by atoms with E-state index in [2.05, 4.69) is 4.98 Å². The van der Waals surface area contributed by atoms with Crippen molar-refractivity contribution in [3.8, 4) is 0 Å². The van der Waals surface area contributed by atoms with E-state index >= 15 is 0 Å². The summed E-state index contributed by atoms with van der Waals surface area (Å²) in [6, 6.07) is -0.993. The lowest BCUT2D eigenvalue weighted by Gasteiger charge is -2.39. The van der Waals surface area contributed by atoms with Crippen molar-refractivity contribution in [1.82, 2.24) is 19.4 Å². The summed E-state index contributed by atoms with van der Waals surface area (Å²) in [6.45, 7) is 2.74. The van der Waals surface area contributed by atoms with Crippen LogP contribution < -0.4 is 0 Å². The molecule has 2 rings (SSSR count). The Bertz CT molecular complexity index is 528. The van der Waals surface area contributed by atoms with E-state index in [1.54, 1.807) is 13.2 Å². The van der Waals surface area contributed by atoms with Crippen LogP contribution in [0, 0.1) is 5.92 Å². The van der Waals surface area contributed by atoms with Crippen molar-refractivity contribution in [3.63, 3.8) is 0 Å². The Morgan fingerprint density at radius 2 is 2.24 bits per heavy atom. The highest BCUT2D eigenvalue weighted by molar-refractivity contribution is 5.83. The second kappa shape index (κ2) is 6.15. The van der Waals surface area contributed by atoms with E-state index in [4.69, 9.17) is 0 Å². The standard InChI is InChI=1S/C14H22N4O3/c1-10-5-4-7-18(12(10)13(19)20)14(21)17(3)9-11-15-6-8-16(11)2/h6,8,10,12H,4-5,7,9H2,1-3H3,(H,19,20). The van der Waals surface area contributed by atoms with Gasteiger partial charge in [0.1, 0.15) is 11.9 Å². The number of hydrogen-bond acceptors (Lipinski definition) is 3. The predicted octanol–water partition coefficient (Wildman–Crippen LogP) is 1.16. The molecule has 1 aromatic heterocycles. The molecule has 1 aliphatic rings. The third kappa shape index (κ3) is 3.17. The molecule has 2 unspecified atom stereocenters. The average molecular weight is 294 g/mol.